The van der Waals surface area contributed by atoms with Crippen molar-refractivity contribution < 1.29 is 24.6 Å². The number of hydrogen-bond donors (Lipinski definition) is 0. The minimum absolute atomic E-state index is 0. The summed E-state index contributed by atoms with van der Waals surface area (Å²) in [6.07, 6.45) is 0. The molecule has 9 aromatic carbocycles. The zero-order valence-corrected chi connectivity index (χ0v) is 38.1. The third kappa shape index (κ3) is 14.6. The first-order valence-electron chi connectivity index (χ1n) is 19.8. The predicted octanol–water partition coefficient (Wildman–Crippen LogP) is 10.1. The van der Waals surface area contributed by atoms with Crippen LogP contribution in [0.25, 0.3) is 0 Å². The molecule has 0 aliphatic heterocycles. The molecule has 0 fully saturated rings. The van der Waals surface area contributed by atoms with E-state index in [1.165, 1.54) is 47.7 Å². The summed E-state index contributed by atoms with van der Waals surface area (Å²) in [6, 6.07) is 97.0. The molecule has 9 rings (SSSR count). The fourth-order valence-electron chi connectivity index (χ4n) is 6.54. The molecule has 0 saturated carbocycles. The van der Waals surface area contributed by atoms with Crippen molar-refractivity contribution in [3.05, 3.63) is 288 Å². The Morgan fingerprint density at radius 1 is 0.226 bits per heavy atom. The van der Waals surface area contributed by atoms with Gasteiger partial charge in [-0.05, 0) is 71.5 Å². The van der Waals surface area contributed by atoms with Crippen LogP contribution in [-0.4, -0.2) is 5.09 Å². The van der Waals surface area contributed by atoms with E-state index in [4.69, 9.17) is 15.3 Å². The maximum absolute atomic E-state index is 8.25. The quantitative estimate of drug-likeness (QED) is 0.0627. The Balaban J connectivity index is 0.000000167. The van der Waals surface area contributed by atoms with Crippen molar-refractivity contribution in [2.24, 2.45) is 0 Å². The number of rotatable bonds is 9. The normalized spacial score (nSPS) is 10.1. The second-order valence-corrected chi connectivity index (χ2v) is 19.9. The molecule has 0 aliphatic carbocycles. The van der Waals surface area contributed by atoms with Crippen molar-refractivity contribution in [1.82, 2.24) is 0 Å². The van der Waals surface area contributed by atoms with Crippen molar-refractivity contribution in [1.29, 1.82) is 0 Å². The molecule has 0 heterocycles. The monoisotopic (exact) mass is 951 g/mol. The summed E-state index contributed by atoms with van der Waals surface area (Å²) >= 11 is 0. The van der Waals surface area contributed by atoms with Gasteiger partial charge in [0.2, 0.25) is 0 Å². The van der Waals surface area contributed by atoms with Gasteiger partial charge in [0.1, 0.15) is 0 Å². The molecule has 4 nitrogen and oxygen atoms in total. The van der Waals surface area contributed by atoms with E-state index >= 15 is 0 Å². The molecule has 0 spiro atoms. The van der Waals surface area contributed by atoms with Gasteiger partial charge in [0.15, 0.2) is 0 Å². The molecule has 9 aromatic rings. The molecule has 0 amide bonds. The van der Waals surface area contributed by atoms with Crippen LogP contribution < -0.4 is 47.7 Å². The van der Waals surface area contributed by atoms with Crippen LogP contribution in [0.3, 0.4) is 0 Å². The minimum Gasteiger partial charge on any atom is -0.356 e. The maximum atomic E-state index is 8.25. The predicted molar refractivity (Wildman–Crippen MR) is 266 cm³/mol. The summed E-state index contributed by atoms with van der Waals surface area (Å²) in [6.45, 7) is 0. The summed E-state index contributed by atoms with van der Waals surface area (Å²) in [5.74, 6) is 0. The maximum Gasteiger partial charge on any atom is 1.00 e. The van der Waals surface area contributed by atoms with Crippen LogP contribution in [0.2, 0.25) is 0 Å². The molecular weight excluding hydrogens is 906 g/mol. The van der Waals surface area contributed by atoms with E-state index < -0.39 is 28.9 Å². The van der Waals surface area contributed by atoms with Gasteiger partial charge in [-0.15, -0.1) is 0 Å². The summed E-state index contributed by atoms with van der Waals surface area (Å²) in [5.41, 5.74) is 0. The number of hydrogen-bond acceptors (Lipinski definition) is 3. The summed E-state index contributed by atoms with van der Waals surface area (Å²) in [5, 5.41) is 27.3. The van der Waals surface area contributed by atoms with E-state index in [2.05, 4.69) is 273 Å². The van der Waals surface area contributed by atoms with Gasteiger partial charge in [0, 0.05) is 0 Å². The Bertz CT molecular complexity index is 1980. The molecule has 8 heteroatoms. The smallest absolute Gasteiger partial charge is 0.356 e. The SMILES string of the molecule is O=[N+]([O-])[O-].[Rh+].c1ccc(P(c2ccccc2)c2ccccc2)cc1.c1ccc(P(c2ccccc2)c2ccccc2)cc1.c1ccc(P(c2ccccc2)c2ccccc2)cc1. The van der Waals surface area contributed by atoms with Crippen molar-refractivity contribution in [3.63, 3.8) is 0 Å². The minimum atomic E-state index is -1.75. The molecule has 0 aromatic heterocycles. The van der Waals surface area contributed by atoms with Gasteiger partial charge in [-0.2, -0.15) is 0 Å². The Morgan fingerprint density at radius 2 is 0.306 bits per heavy atom. The van der Waals surface area contributed by atoms with Crippen molar-refractivity contribution in [2.45, 2.75) is 0 Å². The molecule has 308 valence electrons. The molecule has 62 heavy (non-hydrogen) atoms. The fourth-order valence-corrected chi connectivity index (χ4v) is 13.5. The van der Waals surface area contributed by atoms with Crippen LogP contribution in [0, 0.1) is 15.3 Å². The second-order valence-electron chi connectivity index (χ2n) is 13.2. The van der Waals surface area contributed by atoms with E-state index in [0.717, 1.165) is 0 Å². The average Bonchev–Trinajstić information content (AvgIpc) is 3.33. The zero-order valence-electron chi connectivity index (χ0n) is 33.8. The van der Waals surface area contributed by atoms with Gasteiger partial charge in [0.05, 0.1) is 5.09 Å². The van der Waals surface area contributed by atoms with Crippen molar-refractivity contribution in [2.75, 3.05) is 0 Å². The fraction of sp³-hybridized carbons (Fsp3) is 0. The van der Waals surface area contributed by atoms with Gasteiger partial charge >= 0.3 is 19.5 Å². The third-order valence-electron chi connectivity index (χ3n) is 9.13. The van der Waals surface area contributed by atoms with Gasteiger partial charge in [-0.1, -0.05) is 273 Å². The Morgan fingerprint density at radius 3 is 0.387 bits per heavy atom. The van der Waals surface area contributed by atoms with E-state index in [0.29, 0.717) is 0 Å². The van der Waals surface area contributed by atoms with Crippen molar-refractivity contribution in [3.8, 4) is 0 Å². The van der Waals surface area contributed by atoms with E-state index in [1.807, 2.05) is 0 Å². The molecule has 0 bridgehead atoms. The van der Waals surface area contributed by atoms with Crippen LogP contribution in [-0.2, 0) is 19.5 Å². The topological polar surface area (TPSA) is 66.2 Å². The third-order valence-corrected chi connectivity index (χ3v) is 16.5. The first-order valence-corrected chi connectivity index (χ1v) is 23.8. The number of nitrogens with zero attached hydrogens (tertiary/aromatic N) is 1. The van der Waals surface area contributed by atoms with E-state index in [9.17, 15) is 0 Å². The molecule has 0 saturated heterocycles. The molecule has 0 N–H and O–H groups in total. The van der Waals surface area contributed by atoms with Gasteiger partial charge in [-0.25, -0.2) is 0 Å². The number of benzene rings is 9. The molecule has 0 unspecified atom stereocenters. The molecule has 0 aliphatic rings. The van der Waals surface area contributed by atoms with Gasteiger partial charge in [-0.3, -0.25) is 0 Å². The van der Waals surface area contributed by atoms with Crippen LogP contribution in [0.15, 0.2) is 273 Å². The molecular formula is C54H45NO3P3Rh. The average molecular weight is 952 g/mol. The first kappa shape index (κ1) is 47.1. The van der Waals surface area contributed by atoms with Crippen molar-refractivity contribution >= 4 is 71.5 Å². The second kappa shape index (κ2) is 26.4. The van der Waals surface area contributed by atoms with E-state index in [1.54, 1.807) is 0 Å². The zero-order chi connectivity index (χ0) is 42.3. The van der Waals surface area contributed by atoms with Gasteiger partial charge in [0.25, 0.3) is 0 Å². The summed E-state index contributed by atoms with van der Waals surface area (Å²) < 4.78 is 0. The summed E-state index contributed by atoms with van der Waals surface area (Å²) in [4.78, 5) is 8.25. The Labute approximate surface area is 382 Å². The Kier molecular flexibility index (Phi) is 20.1. The Hall–Kier alpha value is -5.91. The van der Waals surface area contributed by atoms with Crippen LogP contribution in [0.4, 0.5) is 0 Å². The molecule has 0 radical (unpaired) electrons. The van der Waals surface area contributed by atoms with Crippen LogP contribution >= 0.6 is 23.8 Å². The summed E-state index contributed by atoms with van der Waals surface area (Å²) in [7, 11) is -1.34. The standard InChI is InChI=1S/3C18H15P.NO3.Rh/c3*1-4-10-16(11-5-1)19(17-12-6-2-7-13-17)18-14-8-3-9-15-18;2-1(3)4;/h3*1-15H;;/q;;;-1;+1. The van der Waals surface area contributed by atoms with Gasteiger partial charge < -0.3 is 15.3 Å². The first-order chi connectivity index (χ1) is 30.1. The largest absolute Gasteiger partial charge is 1.00 e. The van der Waals surface area contributed by atoms with E-state index in [-0.39, 0.29) is 19.5 Å². The van der Waals surface area contributed by atoms with Crippen LogP contribution in [0.5, 0.6) is 0 Å². The van der Waals surface area contributed by atoms with Crippen LogP contribution in [0.1, 0.15) is 0 Å². The molecule has 0 atom stereocenters.